The number of anilines is 1. The lowest BCUT2D eigenvalue weighted by atomic mass is 10.1. The average molecular weight is 390 g/mol. The summed E-state index contributed by atoms with van der Waals surface area (Å²) in [5.74, 6) is -0.340. The van der Waals surface area contributed by atoms with Crippen LogP contribution in [0.1, 0.15) is 15.9 Å². The molecule has 0 atom stereocenters. The van der Waals surface area contributed by atoms with Crippen molar-refractivity contribution >= 4 is 11.6 Å². The third-order valence-corrected chi connectivity index (χ3v) is 4.47. The summed E-state index contributed by atoms with van der Waals surface area (Å²) in [7, 11) is 0. The smallest absolute Gasteiger partial charge is 0.256 e. The molecule has 1 amide bonds. The number of hydrogen-bond donors (Lipinski definition) is 1. The number of rotatable bonds is 4. The molecule has 6 heteroatoms. The molecule has 0 radical (unpaired) electrons. The maximum atomic E-state index is 13.3. The molecular weight excluding hydrogens is 374 g/mol. The average Bonchev–Trinajstić information content (AvgIpc) is 3.20. The van der Waals surface area contributed by atoms with Crippen LogP contribution in [0.5, 0.6) is 0 Å². The second kappa shape index (κ2) is 7.67. The largest absolute Gasteiger partial charge is 0.436 e. The topological polar surface area (TPSA) is 55.1 Å². The van der Waals surface area contributed by atoms with E-state index in [1.165, 1.54) is 36.5 Å². The third kappa shape index (κ3) is 3.91. The molecule has 0 aliphatic rings. The molecule has 3 aromatic carbocycles. The first-order valence-corrected chi connectivity index (χ1v) is 8.90. The van der Waals surface area contributed by atoms with E-state index in [9.17, 15) is 13.6 Å². The molecule has 4 rings (SSSR count). The summed E-state index contributed by atoms with van der Waals surface area (Å²) < 4.78 is 32.2. The molecule has 0 unspecified atom stereocenters. The Morgan fingerprint density at radius 2 is 1.69 bits per heavy atom. The second-order valence-corrected chi connectivity index (χ2v) is 6.50. The molecular formula is C23H16F2N2O2. The predicted molar refractivity (Wildman–Crippen MR) is 106 cm³/mol. The summed E-state index contributed by atoms with van der Waals surface area (Å²) in [6, 6.07) is 16.9. The van der Waals surface area contributed by atoms with Gasteiger partial charge in [0.05, 0.1) is 11.8 Å². The molecule has 4 nitrogen and oxygen atoms in total. The van der Waals surface area contributed by atoms with Crippen molar-refractivity contribution in [1.82, 2.24) is 4.98 Å². The van der Waals surface area contributed by atoms with Crippen molar-refractivity contribution < 1.29 is 18.0 Å². The van der Waals surface area contributed by atoms with Gasteiger partial charge in [-0.25, -0.2) is 13.8 Å². The van der Waals surface area contributed by atoms with Crippen LogP contribution in [0.3, 0.4) is 0 Å². The SMILES string of the molecule is Cc1cc(F)ccc1NC(=O)c1ccccc1-c1ncc(-c2ccc(F)cc2)o1. The number of amides is 1. The van der Waals surface area contributed by atoms with Gasteiger partial charge >= 0.3 is 0 Å². The second-order valence-electron chi connectivity index (χ2n) is 6.50. The maximum Gasteiger partial charge on any atom is 0.256 e. The summed E-state index contributed by atoms with van der Waals surface area (Å²) in [6.07, 6.45) is 1.53. The first kappa shape index (κ1) is 18.6. The van der Waals surface area contributed by atoms with Crippen LogP contribution in [0.25, 0.3) is 22.8 Å². The Morgan fingerprint density at radius 1 is 0.966 bits per heavy atom. The van der Waals surface area contributed by atoms with Crippen LogP contribution >= 0.6 is 0 Å². The van der Waals surface area contributed by atoms with Crippen LogP contribution in [-0.2, 0) is 0 Å². The van der Waals surface area contributed by atoms with Gasteiger partial charge in [0, 0.05) is 16.8 Å². The van der Waals surface area contributed by atoms with Gasteiger partial charge in [-0.1, -0.05) is 12.1 Å². The molecule has 1 heterocycles. The van der Waals surface area contributed by atoms with E-state index in [0.29, 0.717) is 33.7 Å². The predicted octanol–water partition coefficient (Wildman–Crippen LogP) is 5.85. The highest BCUT2D eigenvalue weighted by Crippen LogP contribution is 2.29. The molecule has 0 bridgehead atoms. The first-order chi connectivity index (χ1) is 14.0. The van der Waals surface area contributed by atoms with Gasteiger partial charge in [0.1, 0.15) is 11.6 Å². The molecule has 0 fully saturated rings. The number of benzene rings is 3. The number of nitrogens with one attached hydrogen (secondary N) is 1. The number of aryl methyl sites for hydroxylation is 1. The Bertz CT molecular complexity index is 1180. The summed E-state index contributed by atoms with van der Waals surface area (Å²) in [6.45, 7) is 1.72. The highest BCUT2D eigenvalue weighted by molar-refractivity contribution is 6.08. The minimum absolute atomic E-state index is 0.269. The van der Waals surface area contributed by atoms with Gasteiger partial charge in [-0.15, -0.1) is 0 Å². The lowest BCUT2D eigenvalue weighted by Crippen LogP contribution is -2.14. The molecule has 0 spiro atoms. The molecule has 144 valence electrons. The zero-order valence-corrected chi connectivity index (χ0v) is 15.4. The summed E-state index contributed by atoms with van der Waals surface area (Å²) in [5, 5.41) is 2.79. The Morgan fingerprint density at radius 3 is 2.45 bits per heavy atom. The first-order valence-electron chi connectivity index (χ1n) is 8.90. The molecule has 4 aromatic rings. The van der Waals surface area contributed by atoms with E-state index in [2.05, 4.69) is 10.3 Å². The Balaban J connectivity index is 1.65. The minimum atomic E-state index is -0.367. The van der Waals surface area contributed by atoms with Crippen molar-refractivity contribution in [3.8, 4) is 22.8 Å². The van der Waals surface area contributed by atoms with Gasteiger partial charge in [-0.2, -0.15) is 0 Å². The fourth-order valence-corrected chi connectivity index (χ4v) is 2.97. The third-order valence-electron chi connectivity index (χ3n) is 4.47. The summed E-state index contributed by atoms with van der Waals surface area (Å²) in [4.78, 5) is 17.1. The van der Waals surface area contributed by atoms with Crippen molar-refractivity contribution in [2.75, 3.05) is 5.32 Å². The quantitative estimate of drug-likeness (QED) is 0.476. The van der Waals surface area contributed by atoms with E-state index >= 15 is 0 Å². The number of aromatic nitrogens is 1. The molecule has 1 aromatic heterocycles. The lowest BCUT2D eigenvalue weighted by Gasteiger charge is -2.10. The van der Waals surface area contributed by atoms with Crippen molar-refractivity contribution in [3.05, 3.63) is 95.7 Å². The van der Waals surface area contributed by atoms with Crippen molar-refractivity contribution in [1.29, 1.82) is 0 Å². The number of carbonyl (C=O) groups excluding carboxylic acids is 1. The Kier molecular flexibility index (Phi) is 4.91. The van der Waals surface area contributed by atoms with E-state index in [4.69, 9.17) is 4.42 Å². The normalized spacial score (nSPS) is 10.7. The fraction of sp³-hybridized carbons (Fsp3) is 0.0435. The van der Waals surface area contributed by atoms with E-state index < -0.39 is 0 Å². The van der Waals surface area contributed by atoms with E-state index in [1.54, 1.807) is 43.3 Å². The van der Waals surface area contributed by atoms with E-state index in [1.807, 2.05) is 0 Å². The highest BCUT2D eigenvalue weighted by atomic mass is 19.1. The molecule has 0 aliphatic heterocycles. The van der Waals surface area contributed by atoms with Gasteiger partial charge < -0.3 is 9.73 Å². The van der Waals surface area contributed by atoms with Gasteiger partial charge in [0.15, 0.2) is 5.76 Å². The number of carbonyl (C=O) groups is 1. The highest BCUT2D eigenvalue weighted by Gasteiger charge is 2.17. The summed E-state index contributed by atoms with van der Waals surface area (Å²) >= 11 is 0. The van der Waals surface area contributed by atoms with Gasteiger partial charge in [-0.05, 0) is 67.1 Å². The van der Waals surface area contributed by atoms with Gasteiger partial charge in [-0.3, -0.25) is 4.79 Å². The number of nitrogens with zero attached hydrogens (tertiary/aromatic N) is 1. The zero-order valence-electron chi connectivity index (χ0n) is 15.4. The maximum absolute atomic E-state index is 13.3. The van der Waals surface area contributed by atoms with Crippen molar-refractivity contribution in [3.63, 3.8) is 0 Å². The monoisotopic (exact) mass is 390 g/mol. The Labute approximate surface area is 165 Å². The minimum Gasteiger partial charge on any atom is -0.436 e. The number of hydrogen-bond acceptors (Lipinski definition) is 3. The van der Waals surface area contributed by atoms with Crippen LogP contribution in [0.4, 0.5) is 14.5 Å². The van der Waals surface area contributed by atoms with Gasteiger partial charge in [0.25, 0.3) is 5.91 Å². The number of halogens is 2. The van der Waals surface area contributed by atoms with E-state index in [-0.39, 0.29) is 23.4 Å². The van der Waals surface area contributed by atoms with Crippen molar-refractivity contribution in [2.45, 2.75) is 6.92 Å². The van der Waals surface area contributed by atoms with Crippen LogP contribution in [0.15, 0.2) is 77.3 Å². The molecule has 0 saturated heterocycles. The van der Waals surface area contributed by atoms with Crippen LogP contribution in [-0.4, -0.2) is 10.9 Å². The lowest BCUT2D eigenvalue weighted by molar-refractivity contribution is 0.102. The number of oxazole rings is 1. The Hall–Kier alpha value is -3.80. The standard InChI is InChI=1S/C23H16F2N2O2/c1-14-12-17(25)10-11-20(14)27-22(28)18-4-2-3-5-19(18)23-26-13-21(29-23)15-6-8-16(24)9-7-15/h2-13H,1H3,(H,27,28). The van der Waals surface area contributed by atoms with Crippen LogP contribution in [0.2, 0.25) is 0 Å². The summed E-state index contributed by atoms with van der Waals surface area (Å²) in [5.41, 5.74) is 2.69. The van der Waals surface area contributed by atoms with Gasteiger partial charge in [0.2, 0.25) is 5.89 Å². The molecule has 1 N–H and O–H groups in total. The van der Waals surface area contributed by atoms with E-state index in [0.717, 1.165) is 0 Å². The zero-order chi connectivity index (χ0) is 20.4. The van der Waals surface area contributed by atoms with Crippen LogP contribution < -0.4 is 5.32 Å². The molecule has 0 aliphatic carbocycles. The van der Waals surface area contributed by atoms with Crippen LogP contribution in [0, 0.1) is 18.6 Å². The molecule has 0 saturated carbocycles. The van der Waals surface area contributed by atoms with Crippen molar-refractivity contribution in [2.24, 2.45) is 0 Å². The molecule has 29 heavy (non-hydrogen) atoms. The fourth-order valence-electron chi connectivity index (χ4n) is 2.97.